The molecule has 32 heavy (non-hydrogen) atoms. The number of carbonyl (C=O) groups is 2. The van der Waals surface area contributed by atoms with Crippen molar-refractivity contribution in [3.05, 3.63) is 53.6 Å². The Balaban J connectivity index is 2.23. The Labute approximate surface area is 189 Å². The minimum atomic E-state index is -0.665. The molecule has 0 saturated carbocycles. The number of amides is 2. The first-order chi connectivity index (χ1) is 15.4. The average molecular weight is 445 g/mol. The lowest BCUT2D eigenvalue weighted by molar-refractivity contribution is -0.140. The minimum Gasteiger partial charge on any atom is -0.497 e. The van der Waals surface area contributed by atoms with Crippen LogP contribution in [-0.4, -0.2) is 64.3 Å². The van der Waals surface area contributed by atoms with Crippen molar-refractivity contribution < 1.29 is 28.5 Å². The molecule has 1 N–H and O–H groups in total. The van der Waals surface area contributed by atoms with Crippen LogP contribution in [0.3, 0.4) is 0 Å². The summed E-state index contributed by atoms with van der Waals surface area (Å²) in [5.74, 6) is 1.44. The zero-order chi connectivity index (χ0) is 23.5. The molecular weight excluding hydrogens is 412 g/mol. The zero-order valence-corrected chi connectivity index (χ0v) is 19.3. The molecule has 0 unspecified atom stereocenters. The Morgan fingerprint density at radius 3 is 2.16 bits per heavy atom. The highest BCUT2D eigenvalue weighted by atomic mass is 16.5. The van der Waals surface area contributed by atoms with Gasteiger partial charge in [-0.2, -0.15) is 0 Å². The fourth-order valence-corrected chi connectivity index (χ4v) is 3.20. The molecule has 174 valence electrons. The summed E-state index contributed by atoms with van der Waals surface area (Å²) in [5, 5.41) is 2.81. The summed E-state index contributed by atoms with van der Waals surface area (Å²) in [6.45, 7) is 2.78. The Bertz CT molecular complexity index is 885. The van der Waals surface area contributed by atoms with E-state index < -0.39 is 6.04 Å². The van der Waals surface area contributed by atoms with E-state index in [0.717, 1.165) is 16.9 Å². The summed E-state index contributed by atoms with van der Waals surface area (Å²) < 4.78 is 20.8. The molecule has 0 heterocycles. The zero-order valence-electron chi connectivity index (χ0n) is 19.3. The third-order valence-electron chi connectivity index (χ3n) is 5.09. The Morgan fingerprint density at radius 1 is 0.906 bits per heavy atom. The van der Waals surface area contributed by atoms with Gasteiger partial charge in [0.1, 0.15) is 11.8 Å². The standard InChI is InChI=1S/C24H32N2O6/c1-17(24(28)25-12-13-29-2)26(16-18-6-9-20(30-3)10-7-18)23(27)15-19-8-11-21(31-4)22(14-19)32-5/h6-11,14,17H,12-13,15-16H2,1-5H3,(H,25,28)/t17-/m0/s1. The molecule has 0 aliphatic carbocycles. The molecule has 0 radical (unpaired) electrons. The highest BCUT2D eigenvalue weighted by molar-refractivity contribution is 5.88. The highest BCUT2D eigenvalue weighted by Gasteiger charge is 2.26. The van der Waals surface area contributed by atoms with Gasteiger partial charge in [-0.15, -0.1) is 0 Å². The molecule has 0 aromatic heterocycles. The van der Waals surface area contributed by atoms with Crippen LogP contribution in [0.5, 0.6) is 17.2 Å². The van der Waals surface area contributed by atoms with E-state index in [1.807, 2.05) is 30.3 Å². The van der Waals surface area contributed by atoms with E-state index in [1.54, 1.807) is 52.4 Å². The van der Waals surface area contributed by atoms with E-state index in [4.69, 9.17) is 18.9 Å². The molecule has 2 aromatic rings. The van der Waals surface area contributed by atoms with Crippen LogP contribution in [0.15, 0.2) is 42.5 Å². The summed E-state index contributed by atoms with van der Waals surface area (Å²) in [6.07, 6.45) is 0.117. The number of nitrogens with one attached hydrogen (secondary N) is 1. The average Bonchev–Trinajstić information content (AvgIpc) is 2.82. The van der Waals surface area contributed by atoms with Gasteiger partial charge in [0.25, 0.3) is 0 Å². The van der Waals surface area contributed by atoms with Gasteiger partial charge in [0.2, 0.25) is 11.8 Å². The summed E-state index contributed by atoms with van der Waals surface area (Å²) >= 11 is 0. The first-order valence-electron chi connectivity index (χ1n) is 10.3. The van der Waals surface area contributed by atoms with Gasteiger partial charge in [-0.25, -0.2) is 0 Å². The van der Waals surface area contributed by atoms with Crippen molar-refractivity contribution in [3.63, 3.8) is 0 Å². The minimum absolute atomic E-state index is 0.117. The van der Waals surface area contributed by atoms with Crippen LogP contribution in [0.2, 0.25) is 0 Å². The Hall–Kier alpha value is -3.26. The number of rotatable bonds is 12. The van der Waals surface area contributed by atoms with Gasteiger partial charge in [-0.05, 0) is 42.3 Å². The number of methoxy groups -OCH3 is 4. The van der Waals surface area contributed by atoms with Crippen LogP contribution in [-0.2, 0) is 27.3 Å². The molecule has 0 spiro atoms. The van der Waals surface area contributed by atoms with Crippen LogP contribution in [0.25, 0.3) is 0 Å². The van der Waals surface area contributed by atoms with Crippen LogP contribution < -0.4 is 19.5 Å². The van der Waals surface area contributed by atoms with Gasteiger partial charge in [-0.1, -0.05) is 18.2 Å². The van der Waals surface area contributed by atoms with Crippen molar-refractivity contribution in [2.75, 3.05) is 41.6 Å². The largest absolute Gasteiger partial charge is 0.497 e. The third-order valence-corrected chi connectivity index (χ3v) is 5.09. The summed E-state index contributed by atoms with van der Waals surface area (Å²) in [7, 11) is 6.27. The van der Waals surface area contributed by atoms with Crippen LogP contribution in [0.1, 0.15) is 18.1 Å². The lowest BCUT2D eigenvalue weighted by Gasteiger charge is -2.29. The molecule has 0 aliphatic rings. The van der Waals surface area contributed by atoms with Gasteiger partial charge in [0, 0.05) is 20.2 Å². The predicted molar refractivity (Wildman–Crippen MR) is 121 cm³/mol. The smallest absolute Gasteiger partial charge is 0.242 e. The van der Waals surface area contributed by atoms with E-state index in [1.165, 1.54) is 0 Å². The number of nitrogens with zero attached hydrogens (tertiary/aromatic N) is 1. The fourth-order valence-electron chi connectivity index (χ4n) is 3.20. The van der Waals surface area contributed by atoms with Gasteiger partial charge in [0.05, 0.1) is 34.4 Å². The maximum Gasteiger partial charge on any atom is 0.242 e. The van der Waals surface area contributed by atoms with Crippen LogP contribution in [0, 0.1) is 0 Å². The quantitative estimate of drug-likeness (QED) is 0.506. The Morgan fingerprint density at radius 2 is 1.56 bits per heavy atom. The molecule has 8 heteroatoms. The molecule has 0 saturated heterocycles. The molecule has 0 bridgehead atoms. The number of benzene rings is 2. The molecule has 0 aliphatic heterocycles. The van der Waals surface area contributed by atoms with Gasteiger partial charge < -0.3 is 29.2 Å². The van der Waals surface area contributed by atoms with Gasteiger partial charge in [-0.3, -0.25) is 9.59 Å². The summed E-state index contributed by atoms with van der Waals surface area (Å²) in [6, 6.07) is 12.1. The second-order valence-corrected chi connectivity index (χ2v) is 7.20. The summed E-state index contributed by atoms with van der Waals surface area (Å²) in [5.41, 5.74) is 1.65. The molecular formula is C24H32N2O6. The topological polar surface area (TPSA) is 86.3 Å². The van der Waals surface area contributed by atoms with Crippen LogP contribution in [0.4, 0.5) is 0 Å². The first kappa shape index (κ1) is 25.0. The number of ether oxygens (including phenoxy) is 4. The van der Waals surface area contributed by atoms with E-state index in [2.05, 4.69) is 5.32 Å². The molecule has 0 fully saturated rings. The van der Waals surface area contributed by atoms with Crippen molar-refractivity contribution in [2.24, 2.45) is 0 Å². The maximum absolute atomic E-state index is 13.3. The monoisotopic (exact) mass is 444 g/mol. The van der Waals surface area contributed by atoms with E-state index in [9.17, 15) is 9.59 Å². The Kier molecular flexibility index (Phi) is 9.81. The normalized spacial score (nSPS) is 11.4. The molecule has 2 amide bonds. The predicted octanol–water partition coefficient (Wildman–Crippen LogP) is 2.43. The number of carbonyl (C=O) groups excluding carboxylic acids is 2. The van der Waals surface area contributed by atoms with Gasteiger partial charge >= 0.3 is 0 Å². The lowest BCUT2D eigenvalue weighted by atomic mass is 10.1. The molecule has 1 atom stereocenters. The molecule has 2 aromatic carbocycles. The van der Waals surface area contributed by atoms with E-state index in [0.29, 0.717) is 24.7 Å². The van der Waals surface area contributed by atoms with E-state index in [-0.39, 0.29) is 24.8 Å². The maximum atomic E-state index is 13.3. The van der Waals surface area contributed by atoms with Crippen molar-refractivity contribution in [2.45, 2.75) is 25.9 Å². The van der Waals surface area contributed by atoms with Crippen molar-refractivity contribution >= 4 is 11.8 Å². The third kappa shape index (κ3) is 6.88. The van der Waals surface area contributed by atoms with E-state index >= 15 is 0 Å². The number of hydrogen-bond acceptors (Lipinski definition) is 6. The number of hydrogen-bond donors (Lipinski definition) is 1. The highest BCUT2D eigenvalue weighted by Crippen LogP contribution is 2.28. The van der Waals surface area contributed by atoms with Crippen molar-refractivity contribution in [3.8, 4) is 17.2 Å². The molecule has 2 rings (SSSR count). The fraction of sp³-hybridized carbons (Fsp3) is 0.417. The second-order valence-electron chi connectivity index (χ2n) is 7.20. The molecule has 8 nitrogen and oxygen atoms in total. The van der Waals surface area contributed by atoms with Crippen molar-refractivity contribution in [1.29, 1.82) is 0 Å². The van der Waals surface area contributed by atoms with Crippen molar-refractivity contribution in [1.82, 2.24) is 10.2 Å². The van der Waals surface area contributed by atoms with Crippen LogP contribution >= 0.6 is 0 Å². The second kappa shape index (κ2) is 12.6. The SMILES string of the molecule is COCCNC(=O)[C@H](C)N(Cc1ccc(OC)cc1)C(=O)Cc1ccc(OC)c(OC)c1. The first-order valence-corrected chi connectivity index (χ1v) is 10.3. The van der Waals surface area contributed by atoms with Gasteiger partial charge in [0.15, 0.2) is 11.5 Å². The lowest BCUT2D eigenvalue weighted by Crippen LogP contribution is -2.48. The summed E-state index contributed by atoms with van der Waals surface area (Å²) in [4.78, 5) is 27.5.